The first-order valence-electron chi connectivity index (χ1n) is 6.30. The molecule has 4 nitrogen and oxygen atoms in total. The van der Waals surface area contributed by atoms with Crippen LogP contribution in [0.1, 0.15) is 23.7 Å². The predicted molar refractivity (Wildman–Crippen MR) is 69.7 cm³/mol. The fourth-order valence-electron chi connectivity index (χ4n) is 2.16. The quantitative estimate of drug-likeness (QED) is 0.798. The standard InChI is InChI=1S/C13H16ClFN2O2/c1-2-19-8-9-3-4-17(7-9)13(18)10-5-11(15)12(14)16-6-10/h5-6,9H,2-4,7-8H2,1H3/t9-/m0/s1. The highest BCUT2D eigenvalue weighted by Crippen LogP contribution is 2.20. The number of carbonyl (C=O) groups excluding carboxylic acids is 1. The molecule has 104 valence electrons. The van der Waals surface area contributed by atoms with Crippen LogP contribution in [0, 0.1) is 11.7 Å². The number of likely N-dealkylation sites (tertiary alicyclic amines) is 1. The molecule has 19 heavy (non-hydrogen) atoms. The van der Waals surface area contributed by atoms with Gasteiger partial charge in [-0.05, 0) is 19.4 Å². The van der Waals surface area contributed by atoms with E-state index in [0.717, 1.165) is 12.5 Å². The van der Waals surface area contributed by atoms with Gasteiger partial charge in [0.2, 0.25) is 0 Å². The summed E-state index contributed by atoms with van der Waals surface area (Å²) in [7, 11) is 0. The molecule has 0 unspecified atom stereocenters. The molecule has 1 amide bonds. The van der Waals surface area contributed by atoms with Gasteiger partial charge in [0.25, 0.3) is 5.91 Å². The summed E-state index contributed by atoms with van der Waals surface area (Å²) < 4.78 is 18.6. The highest BCUT2D eigenvalue weighted by atomic mass is 35.5. The summed E-state index contributed by atoms with van der Waals surface area (Å²) in [6.07, 6.45) is 2.22. The number of nitrogens with zero attached hydrogens (tertiary/aromatic N) is 2. The van der Waals surface area contributed by atoms with E-state index in [9.17, 15) is 9.18 Å². The number of hydrogen-bond donors (Lipinski definition) is 0. The fraction of sp³-hybridized carbons (Fsp3) is 0.538. The minimum atomic E-state index is -0.669. The van der Waals surface area contributed by atoms with Crippen molar-refractivity contribution >= 4 is 17.5 Å². The molecule has 0 bridgehead atoms. The van der Waals surface area contributed by atoms with Crippen LogP contribution in [0.25, 0.3) is 0 Å². The van der Waals surface area contributed by atoms with E-state index in [-0.39, 0.29) is 16.6 Å². The van der Waals surface area contributed by atoms with Gasteiger partial charge in [-0.1, -0.05) is 11.6 Å². The lowest BCUT2D eigenvalue weighted by atomic mass is 10.1. The van der Waals surface area contributed by atoms with E-state index in [0.29, 0.717) is 32.2 Å². The van der Waals surface area contributed by atoms with E-state index in [1.807, 2.05) is 6.92 Å². The normalized spacial score (nSPS) is 18.9. The molecule has 1 aliphatic rings. The Morgan fingerprint density at radius 2 is 2.47 bits per heavy atom. The molecular formula is C13H16ClFN2O2. The van der Waals surface area contributed by atoms with Gasteiger partial charge in [0.1, 0.15) is 0 Å². The molecule has 2 rings (SSSR count). The highest BCUT2D eigenvalue weighted by molar-refractivity contribution is 6.29. The Bertz CT molecular complexity index is 470. The molecule has 1 aromatic rings. The summed E-state index contributed by atoms with van der Waals surface area (Å²) in [5, 5.41) is -0.216. The van der Waals surface area contributed by atoms with Crippen molar-refractivity contribution in [3.05, 3.63) is 28.8 Å². The van der Waals surface area contributed by atoms with E-state index in [2.05, 4.69) is 4.98 Å². The molecule has 0 spiro atoms. The summed E-state index contributed by atoms with van der Waals surface area (Å²) >= 11 is 5.50. The first kappa shape index (κ1) is 14.2. The number of hydrogen-bond acceptors (Lipinski definition) is 3. The van der Waals surface area contributed by atoms with Gasteiger partial charge in [-0.25, -0.2) is 9.37 Å². The van der Waals surface area contributed by atoms with E-state index < -0.39 is 5.82 Å². The predicted octanol–water partition coefficient (Wildman–Crippen LogP) is 2.37. The molecule has 1 saturated heterocycles. The number of ether oxygens (including phenoxy) is 1. The second-order valence-electron chi connectivity index (χ2n) is 4.56. The van der Waals surface area contributed by atoms with Crippen LogP contribution in [0.4, 0.5) is 4.39 Å². The minimum Gasteiger partial charge on any atom is -0.381 e. The zero-order valence-corrected chi connectivity index (χ0v) is 11.5. The Labute approximate surface area is 116 Å². The lowest BCUT2D eigenvalue weighted by Gasteiger charge is -2.16. The monoisotopic (exact) mass is 286 g/mol. The van der Waals surface area contributed by atoms with Crippen molar-refractivity contribution in [2.24, 2.45) is 5.92 Å². The fourth-order valence-corrected chi connectivity index (χ4v) is 2.26. The summed E-state index contributed by atoms with van der Waals surface area (Å²) in [6.45, 7) is 4.59. The molecule has 0 saturated carbocycles. The second kappa shape index (κ2) is 6.30. The zero-order valence-electron chi connectivity index (χ0n) is 10.7. The number of amides is 1. The SMILES string of the molecule is CCOC[C@H]1CCN(C(=O)c2cnc(Cl)c(F)c2)C1. The molecule has 0 aliphatic carbocycles. The van der Waals surface area contributed by atoms with Gasteiger partial charge >= 0.3 is 0 Å². The van der Waals surface area contributed by atoms with E-state index in [1.165, 1.54) is 6.20 Å². The van der Waals surface area contributed by atoms with Gasteiger partial charge in [-0.15, -0.1) is 0 Å². The average molecular weight is 287 g/mol. The van der Waals surface area contributed by atoms with E-state index in [1.54, 1.807) is 4.90 Å². The Morgan fingerprint density at radius 3 is 3.16 bits per heavy atom. The van der Waals surface area contributed by atoms with Crippen LogP contribution >= 0.6 is 11.6 Å². The molecule has 1 atom stereocenters. The van der Waals surface area contributed by atoms with Gasteiger partial charge in [0.05, 0.1) is 12.2 Å². The molecule has 0 radical (unpaired) electrons. The Kier molecular flexibility index (Phi) is 4.71. The molecule has 1 aliphatic heterocycles. The Balaban J connectivity index is 1.99. The Hall–Kier alpha value is -1.20. The largest absolute Gasteiger partial charge is 0.381 e. The molecule has 1 aromatic heterocycles. The van der Waals surface area contributed by atoms with Crippen molar-refractivity contribution in [3.63, 3.8) is 0 Å². The van der Waals surface area contributed by atoms with Gasteiger partial charge in [-0.3, -0.25) is 4.79 Å². The third-order valence-electron chi connectivity index (χ3n) is 3.17. The maximum Gasteiger partial charge on any atom is 0.255 e. The first-order chi connectivity index (χ1) is 9.11. The van der Waals surface area contributed by atoms with Crippen molar-refractivity contribution in [2.75, 3.05) is 26.3 Å². The van der Waals surface area contributed by atoms with Crippen molar-refractivity contribution in [3.8, 4) is 0 Å². The number of rotatable bonds is 4. The smallest absolute Gasteiger partial charge is 0.255 e. The van der Waals surface area contributed by atoms with E-state index in [4.69, 9.17) is 16.3 Å². The Morgan fingerprint density at radius 1 is 1.68 bits per heavy atom. The number of aromatic nitrogens is 1. The van der Waals surface area contributed by atoms with Crippen molar-refractivity contribution < 1.29 is 13.9 Å². The van der Waals surface area contributed by atoms with Crippen LogP contribution < -0.4 is 0 Å². The van der Waals surface area contributed by atoms with Gasteiger partial charge in [0, 0.05) is 31.8 Å². The number of halogens is 2. The van der Waals surface area contributed by atoms with Crippen LogP contribution in [0.2, 0.25) is 5.15 Å². The van der Waals surface area contributed by atoms with Gasteiger partial charge < -0.3 is 9.64 Å². The molecule has 6 heteroatoms. The minimum absolute atomic E-state index is 0.206. The third kappa shape index (κ3) is 3.42. The van der Waals surface area contributed by atoms with Gasteiger partial charge in [-0.2, -0.15) is 0 Å². The maximum absolute atomic E-state index is 13.3. The van der Waals surface area contributed by atoms with Crippen molar-refractivity contribution in [2.45, 2.75) is 13.3 Å². The van der Waals surface area contributed by atoms with Crippen molar-refractivity contribution in [1.82, 2.24) is 9.88 Å². The van der Waals surface area contributed by atoms with E-state index >= 15 is 0 Å². The third-order valence-corrected chi connectivity index (χ3v) is 3.45. The van der Waals surface area contributed by atoms with Crippen LogP contribution in [0.15, 0.2) is 12.3 Å². The summed E-state index contributed by atoms with van der Waals surface area (Å²) in [5.74, 6) is -0.520. The molecule has 0 aromatic carbocycles. The summed E-state index contributed by atoms with van der Waals surface area (Å²) in [6, 6.07) is 1.13. The lowest BCUT2D eigenvalue weighted by molar-refractivity contribution is 0.0762. The second-order valence-corrected chi connectivity index (χ2v) is 4.92. The first-order valence-corrected chi connectivity index (χ1v) is 6.67. The van der Waals surface area contributed by atoms with Crippen LogP contribution in [-0.2, 0) is 4.74 Å². The molecular weight excluding hydrogens is 271 g/mol. The lowest BCUT2D eigenvalue weighted by Crippen LogP contribution is -2.29. The summed E-state index contributed by atoms with van der Waals surface area (Å²) in [4.78, 5) is 17.5. The van der Waals surface area contributed by atoms with Crippen LogP contribution in [0.3, 0.4) is 0 Å². The van der Waals surface area contributed by atoms with Crippen LogP contribution in [-0.4, -0.2) is 42.1 Å². The van der Waals surface area contributed by atoms with Crippen molar-refractivity contribution in [1.29, 1.82) is 0 Å². The number of pyridine rings is 1. The average Bonchev–Trinajstić information content (AvgIpc) is 2.87. The topological polar surface area (TPSA) is 42.4 Å². The molecule has 0 N–H and O–H groups in total. The summed E-state index contributed by atoms with van der Waals surface area (Å²) in [5.41, 5.74) is 0.235. The highest BCUT2D eigenvalue weighted by Gasteiger charge is 2.27. The number of carbonyl (C=O) groups is 1. The van der Waals surface area contributed by atoms with Gasteiger partial charge in [0.15, 0.2) is 11.0 Å². The maximum atomic E-state index is 13.3. The zero-order chi connectivity index (χ0) is 13.8. The van der Waals surface area contributed by atoms with Crippen LogP contribution in [0.5, 0.6) is 0 Å². The molecule has 2 heterocycles. The molecule has 1 fully saturated rings.